The number of rotatable bonds is 5. The molecule has 0 bridgehead atoms. The third-order valence-corrected chi connectivity index (χ3v) is 2.63. The quantitative estimate of drug-likeness (QED) is 0.827. The zero-order valence-electron chi connectivity index (χ0n) is 10.1. The molecule has 0 saturated carbocycles. The number of hydrogen-bond donors (Lipinski definition) is 1. The fourth-order valence-corrected chi connectivity index (χ4v) is 1.58. The predicted octanol–water partition coefficient (Wildman–Crippen LogP) is 1.56. The Bertz CT molecular complexity index is 342. The van der Waals surface area contributed by atoms with Gasteiger partial charge in [-0.25, -0.2) is 0 Å². The average Bonchev–Trinajstić information content (AvgIpc) is 2.65. The number of aliphatic hydroxyl groups is 1. The van der Waals surface area contributed by atoms with Crippen LogP contribution in [0.1, 0.15) is 24.9 Å². The molecular formula is C12H19NO3. The van der Waals surface area contributed by atoms with Gasteiger partial charge in [-0.2, -0.15) is 0 Å². The number of aliphatic hydroxyl groups excluding tert-OH is 1. The SMILES string of the molecule is CCC(CO)C(=O)N(C)Cc1ccc(C)o1. The van der Waals surface area contributed by atoms with Gasteiger partial charge in [-0.05, 0) is 25.5 Å². The van der Waals surface area contributed by atoms with E-state index in [1.165, 1.54) is 0 Å². The normalized spacial score (nSPS) is 12.5. The van der Waals surface area contributed by atoms with E-state index in [4.69, 9.17) is 9.52 Å². The van der Waals surface area contributed by atoms with E-state index in [-0.39, 0.29) is 18.4 Å². The Hall–Kier alpha value is -1.29. The monoisotopic (exact) mass is 225 g/mol. The molecule has 4 heteroatoms. The molecule has 1 aromatic rings. The molecule has 0 aliphatic heterocycles. The molecule has 0 aliphatic rings. The molecule has 1 atom stereocenters. The highest BCUT2D eigenvalue weighted by Crippen LogP contribution is 2.12. The number of hydrogen-bond acceptors (Lipinski definition) is 3. The van der Waals surface area contributed by atoms with Crippen molar-refractivity contribution in [3.8, 4) is 0 Å². The first-order chi connectivity index (χ1) is 7.58. The summed E-state index contributed by atoms with van der Waals surface area (Å²) in [7, 11) is 1.72. The molecule has 1 amide bonds. The van der Waals surface area contributed by atoms with Crippen molar-refractivity contribution in [1.82, 2.24) is 4.90 Å². The molecule has 0 aromatic carbocycles. The van der Waals surface area contributed by atoms with Gasteiger partial charge >= 0.3 is 0 Å². The first kappa shape index (κ1) is 12.8. The van der Waals surface area contributed by atoms with Crippen molar-refractivity contribution in [2.24, 2.45) is 5.92 Å². The number of amides is 1. The summed E-state index contributed by atoms with van der Waals surface area (Å²) < 4.78 is 5.39. The molecule has 16 heavy (non-hydrogen) atoms. The fraction of sp³-hybridized carbons (Fsp3) is 0.583. The highest BCUT2D eigenvalue weighted by atomic mass is 16.3. The molecule has 90 valence electrons. The topological polar surface area (TPSA) is 53.7 Å². The van der Waals surface area contributed by atoms with Crippen LogP contribution in [0, 0.1) is 12.8 Å². The number of furan rings is 1. The lowest BCUT2D eigenvalue weighted by Gasteiger charge is -2.20. The average molecular weight is 225 g/mol. The van der Waals surface area contributed by atoms with Gasteiger partial charge in [-0.1, -0.05) is 6.92 Å². The van der Waals surface area contributed by atoms with Crippen molar-refractivity contribution in [1.29, 1.82) is 0 Å². The molecule has 0 spiro atoms. The fourth-order valence-electron chi connectivity index (χ4n) is 1.58. The van der Waals surface area contributed by atoms with Crippen LogP contribution in [0.4, 0.5) is 0 Å². The van der Waals surface area contributed by atoms with Gasteiger partial charge in [0.05, 0.1) is 19.1 Å². The van der Waals surface area contributed by atoms with E-state index in [9.17, 15) is 4.79 Å². The second kappa shape index (κ2) is 5.70. The van der Waals surface area contributed by atoms with Gasteiger partial charge in [0.25, 0.3) is 0 Å². The van der Waals surface area contributed by atoms with Crippen molar-refractivity contribution >= 4 is 5.91 Å². The maximum Gasteiger partial charge on any atom is 0.228 e. The van der Waals surface area contributed by atoms with Crippen LogP contribution in [0.2, 0.25) is 0 Å². The lowest BCUT2D eigenvalue weighted by atomic mass is 10.1. The van der Waals surface area contributed by atoms with Crippen molar-refractivity contribution in [3.63, 3.8) is 0 Å². The highest BCUT2D eigenvalue weighted by molar-refractivity contribution is 5.78. The maximum absolute atomic E-state index is 11.8. The second-order valence-electron chi connectivity index (χ2n) is 3.99. The molecule has 1 aromatic heterocycles. The number of aryl methyl sites for hydroxylation is 1. The van der Waals surface area contributed by atoms with Gasteiger partial charge < -0.3 is 14.4 Å². The number of carbonyl (C=O) groups excluding carboxylic acids is 1. The van der Waals surface area contributed by atoms with E-state index in [0.29, 0.717) is 13.0 Å². The Kier molecular flexibility index (Phi) is 4.55. The number of nitrogens with zero attached hydrogens (tertiary/aromatic N) is 1. The minimum atomic E-state index is -0.305. The molecule has 1 unspecified atom stereocenters. The largest absolute Gasteiger partial charge is 0.464 e. The van der Waals surface area contributed by atoms with Crippen LogP contribution in [0.3, 0.4) is 0 Å². The van der Waals surface area contributed by atoms with Gasteiger partial charge in [0.2, 0.25) is 5.91 Å². The van der Waals surface area contributed by atoms with Crippen LogP contribution in [0.25, 0.3) is 0 Å². The Morgan fingerprint density at radius 3 is 2.69 bits per heavy atom. The Balaban J connectivity index is 2.57. The van der Waals surface area contributed by atoms with Gasteiger partial charge in [0.1, 0.15) is 11.5 Å². The summed E-state index contributed by atoms with van der Waals surface area (Å²) in [4.78, 5) is 13.4. The van der Waals surface area contributed by atoms with E-state index in [0.717, 1.165) is 11.5 Å². The van der Waals surface area contributed by atoms with Gasteiger partial charge in [0, 0.05) is 7.05 Å². The lowest BCUT2D eigenvalue weighted by Crippen LogP contribution is -2.33. The molecule has 1 rings (SSSR count). The predicted molar refractivity (Wildman–Crippen MR) is 60.8 cm³/mol. The first-order valence-corrected chi connectivity index (χ1v) is 5.49. The Labute approximate surface area is 95.9 Å². The third kappa shape index (κ3) is 3.10. The second-order valence-corrected chi connectivity index (χ2v) is 3.99. The zero-order chi connectivity index (χ0) is 12.1. The Morgan fingerprint density at radius 2 is 2.25 bits per heavy atom. The molecule has 0 saturated heterocycles. The smallest absolute Gasteiger partial charge is 0.228 e. The zero-order valence-corrected chi connectivity index (χ0v) is 10.1. The van der Waals surface area contributed by atoms with E-state index >= 15 is 0 Å². The van der Waals surface area contributed by atoms with E-state index in [2.05, 4.69) is 0 Å². The summed E-state index contributed by atoms with van der Waals surface area (Å²) >= 11 is 0. The van der Waals surface area contributed by atoms with Gasteiger partial charge in [-0.15, -0.1) is 0 Å². The van der Waals surface area contributed by atoms with Crippen LogP contribution in [0.15, 0.2) is 16.5 Å². The van der Waals surface area contributed by atoms with E-state index in [1.807, 2.05) is 26.0 Å². The summed E-state index contributed by atoms with van der Waals surface area (Å²) in [6.45, 7) is 4.11. The van der Waals surface area contributed by atoms with Gasteiger partial charge in [0.15, 0.2) is 0 Å². The lowest BCUT2D eigenvalue weighted by molar-refractivity contribution is -0.136. The van der Waals surface area contributed by atoms with Crippen LogP contribution in [-0.2, 0) is 11.3 Å². The summed E-state index contributed by atoms with van der Waals surface area (Å²) in [6, 6.07) is 3.73. The van der Waals surface area contributed by atoms with Gasteiger partial charge in [-0.3, -0.25) is 4.79 Å². The van der Waals surface area contributed by atoms with Crippen LogP contribution >= 0.6 is 0 Å². The minimum Gasteiger partial charge on any atom is -0.464 e. The van der Waals surface area contributed by atoms with Crippen LogP contribution in [0.5, 0.6) is 0 Å². The standard InChI is InChI=1S/C12H19NO3/c1-4-10(8-14)12(15)13(3)7-11-6-5-9(2)16-11/h5-6,10,14H,4,7-8H2,1-3H3. The van der Waals surface area contributed by atoms with Crippen molar-refractivity contribution in [3.05, 3.63) is 23.7 Å². The summed E-state index contributed by atoms with van der Waals surface area (Å²) in [5, 5.41) is 9.04. The first-order valence-electron chi connectivity index (χ1n) is 5.49. The van der Waals surface area contributed by atoms with E-state index < -0.39 is 0 Å². The summed E-state index contributed by atoms with van der Waals surface area (Å²) in [6.07, 6.45) is 0.650. The van der Waals surface area contributed by atoms with Crippen molar-refractivity contribution in [2.75, 3.05) is 13.7 Å². The molecule has 0 radical (unpaired) electrons. The molecule has 4 nitrogen and oxygen atoms in total. The van der Waals surface area contributed by atoms with Crippen molar-refractivity contribution < 1.29 is 14.3 Å². The molecule has 0 aliphatic carbocycles. The molecule has 1 heterocycles. The van der Waals surface area contributed by atoms with Crippen LogP contribution in [-0.4, -0.2) is 29.6 Å². The molecular weight excluding hydrogens is 206 g/mol. The maximum atomic E-state index is 11.8. The number of carbonyl (C=O) groups is 1. The third-order valence-electron chi connectivity index (χ3n) is 2.63. The summed E-state index contributed by atoms with van der Waals surface area (Å²) in [5.74, 6) is 1.26. The molecule has 0 fully saturated rings. The minimum absolute atomic E-state index is 0.0425. The molecule has 1 N–H and O–H groups in total. The Morgan fingerprint density at radius 1 is 1.56 bits per heavy atom. The highest BCUT2D eigenvalue weighted by Gasteiger charge is 2.20. The van der Waals surface area contributed by atoms with Crippen molar-refractivity contribution in [2.45, 2.75) is 26.8 Å². The van der Waals surface area contributed by atoms with Crippen LogP contribution < -0.4 is 0 Å². The van der Waals surface area contributed by atoms with E-state index in [1.54, 1.807) is 11.9 Å². The summed E-state index contributed by atoms with van der Waals surface area (Å²) in [5.41, 5.74) is 0.